The first-order valence-corrected chi connectivity index (χ1v) is 5.28. The van der Waals surface area contributed by atoms with Crippen molar-refractivity contribution in [2.24, 2.45) is 0 Å². The molecule has 0 fully saturated rings. The van der Waals surface area contributed by atoms with Gasteiger partial charge < -0.3 is 19.1 Å². The van der Waals surface area contributed by atoms with E-state index in [2.05, 4.69) is 4.52 Å². The van der Waals surface area contributed by atoms with Crippen LogP contribution in [0.5, 0.6) is 0 Å². The molecule has 0 saturated heterocycles. The molecular weight excluding hydrogens is 214 g/mol. The summed E-state index contributed by atoms with van der Waals surface area (Å²) >= 11 is 0. The molecule has 2 atom stereocenters. The molecule has 72 valence electrons. The first kappa shape index (κ1) is 14.3. The second-order valence-corrected chi connectivity index (χ2v) is 4.44. The number of benzene rings is 1. The average Bonchev–Trinajstić information content (AvgIpc) is 2.18. The maximum absolute atomic E-state index is 11.1. The van der Waals surface area contributed by atoms with Gasteiger partial charge in [-0.3, -0.25) is 0 Å². The van der Waals surface area contributed by atoms with Crippen LogP contribution >= 0.6 is 7.60 Å². The molecule has 0 radical (unpaired) electrons. The maximum atomic E-state index is 11.1. The molecule has 14 heavy (non-hydrogen) atoms. The van der Waals surface area contributed by atoms with Gasteiger partial charge in [-0.1, -0.05) is 30.3 Å². The van der Waals surface area contributed by atoms with Crippen LogP contribution in [0, 0.1) is 0 Å². The van der Waals surface area contributed by atoms with E-state index in [1.165, 1.54) is 12.1 Å². The molecule has 1 rings (SSSR count). The van der Waals surface area contributed by atoms with Crippen molar-refractivity contribution in [2.75, 3.05) is 7.11 Å². The standard InChI is InChI=1S/C8H11O4P.Na/c1-12-13(10,11)8(9)7-5-3-2-4-6-7;/h2-6,8-9H,1H3,(H,10,11);/q;+1/p-1. The van der Waals surface area contributed by atoms with Gasteiger partial charge in [0.05, 0.1) is 0 Å². The Labute approximate surface area is 105 Å². The van der Waals surface area contributed by atoms with E-state index in [4.69, 9.17) is 0 Å². The molecule has 0 aliphatic rings. The third-order valence-corrected chi connectivity index (χ3v) is 3.06. The molecule has 0 saturated carbocycles. The van der Waals surface area contributed by atoms with Gasteiger partial charge in [-0.25, -0.2) is 0 Å². The van der Waals surface area contributed by atoms with E-state index in [-0.39, 0.29) is 29.6 Å². The largest absolute Gasteiger partial charge is 1.00 e. The molecule has 1 N–H and O–H groups in total. The van der Waals surface area contributed by atoms with Gasteiger partial charge in [0.15, 0.2) is 7.60 Å². The Balaban J connectivity index is 0.00000169. The molecule has 0 aromatic heterocycles. The van der Waals surface area contributed by atoms with E-state index >= 15 is 0 Å². The summed E-state index contributed by atoms with van der Waals surface area (Å²) < 4.78 is 15.3. The second kappa shape index (κ2) is 6.03. The summed E-state index contributed by atoms with van der Waals surface area (Å²) in [6.07, 6.45) is 0. The van der Waals surface area contributed by atoms with Crippen LogP contribution < -0.4 is 34.5 Å². The summed E-state index contributed by atoms with van der Waals surface area (Å²) in [5.74, 6) is -1.58. The fourth-order valence-corrected chi connectivity index (χ4v) is 1.64. The molecule has 0 amide bonds. The minimum absolute atomic E-state index is 0. The molecule has 0 bridgehead atoms. The summed E-state index contributed by atoms with van der Waals surface area (Å²) in [6, 6.07) is 8.07. The summed E-state index contributed by atoms with van der Waals surface area (Å²) in [4.78, 5) is 11.1. The van der Waals surface area contributed by atoms with Crippen molar-refractivity contribution in [3.8, 4) is 0 Å². The third-order valence-electron chi connectivity index (χ3n) is 1.65. The second-order valence-electron chi connectivity index (χ2n) is 2.51. The first-order valence-electron chi connectivity index (χ1n) is 3.67. The predicted molar refractivity (Wildman–Crippen MR) is 46.0 cm³/mol. The van der Waals surface area contributed by atoms with Crippen molar-refractivity contribution < 1.29 is 48.6 Å². The normalized spacial score (nSPS) is 16.5. The smallest absolute Gasteiger partial charge is 0.776 e. The van der Waals surface area contributed by atoms with Crippen LogP contribution in [0.1, 0.15) is 11.4 Å². The molecule has 0 heterocycles. The topological polar surface area (TPSA) is 69.6 Å². The van der Waals surface area contributed by atoms with Crippen molar-refractivity contribution >= 4 is 7.60 Å². The van der Waals surface area contributed by atoms with Gasteiger partial charge in [0.25, 0.3) is 0 Å². The minimum atomic E-state index is -4.18. The molecule has 6 heteroatoms. The molecule has 0 aliphatic carbocycles. The Hall–Kier alpha value is 0.330. The van der Waals surface area contributed by atoms with Crippen LogP contribution in [0.25, 0.3) is 0 Å². The maximum Gasteiger partial charge on any atom is 1.00 e. The summed E-state index contributed by atoms with van der Waals surface area (Å²) in [6.45, 7) is 0. The first-order chi connectivity index (χ1) is 6.08. The summed E-state index contributed by atoms with van der Waals surface area (Å²) in [5.41, 5.74) is 0.308. The molecule has 0 aliphatic heterocycles. The number of aliphatic hydroxyl groups excluding tert-OH is 1. The monoisotopic (exact) mass is 224 g/mol. The van der Waals surface area contributed by atoms with Crippen LogP contribution in [0.2, 0.25) is 0 Å². The van der Waals surface area contributed by atoms with E-state index in [9.17, 15) is 14.6 Å². The summed E-state index contributed by atoms with van der Waals surface area (Å²) in [7, 11) is -3.15. The van der Waals surface area contributed by atoms with Gasteiger partial charge in [-0.05, 0) is 5.56 Å². The van der Waals surface area contributed by atoms with Crippen molar-refractivity contribution in [3.05, 3.63) is 35.9 Å². The van der Waals surface area contributed by atoms with E-state index in [0.717, 1.165) is 7.11 Å². The van der Waals surface area contributed by atoms with Gasteiger partial charge in [0, 0.05) is 7.11 Å². The Morgan fingerprint density at radius 1 is 1.43 bits per heavy atom. The van der Waals surface area contributed by atoms with Crippen molar-refractivity contribution in [2.45, 2.75) is 5.85 Å². The molecule has 0 spiro atoms. The van der Waals surface area contributed by atoms with Gasteiger partial charge >= 0.3 is 29.6 Å². The van der Waals surface area contributed by atoms with Crippen LogP contribution in [-0.4, -0.2) is 12.2 Å². The average molecular weight is 224 g/mol. The van der Waals surface area contributed by atoms with Crippen molar-refractivity contribution in [3.63, 3.8) is 0 Å². The third kappa shape index (κ3) is 3.48. The number of rotatable bonds is 3. The predicted octanol–water partition coefficient (Wildman–Crippen LogP) is -2.12. The fraction of sp³-hybridized carbons (Fsp3) is 0.250. The Kier molecular flexibility index (Phi) is 6.17. The van der Waals surface area contributed by atoms with Crippen LogP contribution in [0.4, 0.5) is 0 Å². The SMILES string of the molecule is COP(=O)([O-])C(O)c1ccccc1.[Na+]. The van der Waals surface area contributed by atoms with E-state index < -0.39 is 13.4 Å². The van der Waals surface area contributed by atoms with Gasteiger partial charge in [0.1, 0.15) is 5.85 Å². The Morgan fingerprint density at radius 2 is 1.93 bits per heavy atom. The van der Waals surface area contributed by atoms with Crippen LogP contribution in [0.3, 0.4) is 0 Å². The van der Waals surface area contributed by atoms with E-state index in [0.29, 0.717) is 5.56 Å². The van der Waals surface area contributed by atoms with E-state index in [1.54, 1.807) is 18.2 Å². The zero-order chi connectivity index (χ0) is 9.90. The Bertz CT molecular complexity index is 316. The van der Waals surface area contributed by atoms with Gasteiger partial charge in [-0.15, -0.1) is 0 Å². The van der Waals surface area contributed by atoms with Crippen molar-refractivity contribution in [1.82, 2.24) is 0 Å². The van der Waals surface area contributed by atoms with Crippen LogP contribution in [0.15, 0.2) is 30.3 Å². The minimum Gasteiger partial charge on any atom is -0.776 e. The Morgan fingerprint density at radius 3 is 2.36 bits per heavy atom. The molecule has 1 aromatic carbocycles. The van der Waals surface area contributed by atoms with Crippen molar-refractivity contribution in [1.29, 1.82) is 0 Å². The zero-order valence-electron chi connectivity index (χ0n) is 8.08. The summed E-state index contributed by atoms with van der Waals surface area (Å²) in [5, 5.41) is 9.35. The molecule has 4 nitrogen and oxygen atoms in total. The fourth-order valence-electron chi connectivity index (χ4n) is 0.908. The van der Waals surface area contributed by atoms with E-state index in [1.807, 2.05) is 0 Å². The molecule has 1 aromatic rings. The van der Waals surface area contributed by atoms with Gasteiger partial charge in [0.2, 0.25) is 0 Å². The van der Waals surface area contributed by atoms with Crippen LogP contribution in [-0.2, 0) is 9.09 Å². The quantitative estimate of drug-likeness (QED) is 0.471. The molecular formula is C8H10NaO4P. The zero-order valence-corrected chi connectivity index (χ0v) is 11.0. The molecule has 2 unspecified atom stereocenters. The number of hydrogen-bond acceptors (Lipinski definition) is 4. The number of hydrogen-bond donors (Lipinski definition) is 1. The van der Waals surface area contributed by atoms with Gasteiger partial charge in [-0.2, -0.15) is 0 Å². The number of aliphatic hydroxyl groups is 1.